The first-order valence-corrected chi connectivity index (χ1v) is 6.63. The molecule has 0 spiro atoms. The molecule has 1 saturated carbocycles. The van der Waals surface area contributed by atoms with E-state index in [0.29, 0.717) is 10.4 Å². The second-order valence-corrected chi connectivity index (χ2v) is 5.53. The van der Waals surface area contributed by atoms with E-state index in [0.717, 1.165) is 19.3 Å². The molecule has 1 aromatic rings. The molecular weight excluding hydrogens is 285 g/mol. The van der Waals surface area contributed by atoms with Gasteiger partial charge in [0.05, 0.1) is 5.56 Å². The molecular formula is C13H15BrFNO. The Hall–Kier alpha value is -0.900. The molecule has 1 aromatic carbocycles. The van der Waals surface area contributed by atoms with Gasteiger partial charge in [0, 0.05) is 10.5 Å². The normalized spacial score (nSPS) is 23.7. The van der Waals surface area contributed by atoms with Gasteiger partial charge in [-0.05, 0) is 37.0 Å². The van der Waals surface area contributed by atoms with Crippen LogP contribution in [0.3, 0.4) is 0 Å². The minimum Gasteiger partial charge on any atom is -0.349 e. The van der Waals surface area contributed by atoms with Crippen LogP contribution in [0.5, 0.6) is 0 Å². The van der Waals surface area contributed by atoms with Crippen molar-refractivity contribution in [3.05, 3.63) is 34.1 Å². The molecule has 1 fully saturated rings. The van der Waals surface area contributed by atoms with Crippen LogP contribution in [-0.4, -0.2) is 11.9 Å². The summed E-state index contributed by atoms with van der Waals surface area (Å²) in [5.74, 6) is -0.312. The summed E-state index contributed by atoms with van der Waals surface area (Å²) >= 11 is 3.24. The summed E-state index contributed by atoms with van der Waals surface area (Å²) in [7, 11) is 0. The maximum Gasteiger partial charge on any atom is 0.254 e. The van der Waals surface area contributed by atoms with Crippen molar-refractivity contribution in [3.8, 4) is 0 Å². The van der Waals surface area contributed by atoms with E-state index >= 15 is 0 Å². The van der Waals surface area contributed by atoms with Crippen molar-refractivity contribution in [2.45, 2.75) is 32.2 Å². The Morgan fingerprint density at radius 1 is 1.47 bits per heavy atom. The van der Waals surface area contributed by atoms with Crippen LogP contribution >= 0.6 is 15.9 Å². The first-order chi connectivity index (χ1) is 8.08. The first kappa shape index (κ1) is 12.6. The number of halogens is 2. The molecule has 0 aromatic heterocycles. The average Bonchev–Trinajstić information content (AvgIpc) is 2.68. The molecule has 1 aliphatic rings. The van der Waals surface area contributed by atoms with E-state index in [1.807, 2.05) is 0 Å². The molecule has 92 valence electrons. The third kappa shape index (κ3) is 2.86. The zero-order valence-electron chi connectivity index (χ0n) is 9.67. The summed E-state index contributed by atoms with van der Waals surface area (Å²) in [6.45, 7) is 2.12. The van der Waals surface area contributed by atoms with Crippen molar-refractivity contribution >= 4 is 21.8 Å². The monoisotopic (exact) mass is 299 g/mol. The molecule has 17 heavy (non-hydrogen) atoms. The quantitative estimate of drug-likeness (QED) is 0.890. The Balaban J connectivity index is 2.11. The van der Waals surface area contributed by atoms with E-state index in [1.165, 1.54) is 12.1 Å². The van der Waals surface area contributed by atoms with Crippen molar-refractivity contribution in [1.29, 1.82) is 0 Å². The first-order valence-electron chi connectivity index (χ1n) is 5.84. The average molecular weight is 300 g/mol. The number of nitrogens with one attached hydrogen (secondary N) is 1. The van der Waals surface area contributed by atoms with E-state index in [-0.39, 0.29) is 17.5 Å². The molecule has 0 saturated heterocycles. The molecule has 0 radical (unpaired) electrons. The van der Waals surface area contributed by atoms with Crippen LogP contribution in [0, 0.1) is 11.7 Å². The van der Waals surface area contributed by atoms with E-state index in [2.05, 4.69) is 28.2 Å². The Bertz CT molecular complexity index is 435. The van der Waals surface area contributed by atoms with Crippen molar-refractivity contribution in [2.75, 3.05) is 0 Å². The van der Waals surface area contributed by atoms with Crippen LogP contribution in [0.15, 0.2) is 22.7 Å². The number of benzene rings is 1. The Morgan fingerprint density at radius 2 is 2.24 bits per heavy atom. The standard InChI is InChI=1S/C13H15BrFNO/c1-8-3-2-4-12(8)16-13(17)10-7-9(14)5-6-11(10)15/h5-8,12H,2-4H2,1H3,(H,16,17). The summed E-state index contributed by atoms with van der Waals surface area (Å²) in [6, 6.07) is 4.59. The van der Waals surface area contributed by atoms with Crippen LogP contribution < -0.4 is 5.32 Å². The van der Waals surface area contributed by atoms with Gasteiger partial charge in [-0.3, -0.25) is 4.79 Å². The smallest absolute Gasteiger partial charge is 0.254 e. The number of hydrogen-bond donors (Lipinski definition) is 1. The number of carbonyl (C=O) groups is 1. The second-order valence-electron chi connectivity index (χ2n) is 4.61. The fourth-order valence-electron chi connectivity index (χ4n) is 2.28. The predicted molar refractivity (Wildman–Crippen MR) is 68.4 cm³/mol. The highest BCUT2D eigenvalue weighted by Gasteiger charge is 2.25. The maximum atomic E-state index is 13.5. The molecule has 0 aliphatic heterocycles. The largest absolute Gasteiger partial charge is 0.349 e. The lowest BCUT2D eigenvalue weighted by atomic mass is 10.1. The topological polar surface area (TPSA) is 29.1 Å². The molecule has 2 unspecified atom stereocenters. The van der Waals surface area contributed by atoms with Crippen LogP contribution in [-0.2, 0) is 0 Å². The van der Waals surface area contributed by atoms with E-state index < -0.39 is 5.82 Å². The minimum atomic E-state index is -0.476. The molecule has 1 amide bonds. The highest BCUT2D eigenvalue weighted by atomic mass is 79.9. The van der Waals surface area contributed by atoms with Crippen molar-refractivity contribution < 1.29 is 9.18 Å². The highest BCUT2D eigenvalue weighted by molar-refractivity contribution is 9.10. The molecule has 1 aliphatic carbocycles. The van der Waals surface area contributed by atoms with E-state index in [4.69, 9.17) is 0 Å². The van der Waals surface area contributed by atoms with Gasteiger partial charge in [0.2, 0.25) is 0 Å². The fourth-order valence-corrected chi connectivity index (χ4v) is 2.64. The van der Waals surface area contributed by atoms with Gasteiger partial charge in [0.15, 0.2) is 0 Å². The van der Waals surface area contributed by atoms with E-state index in [1.54, 1.807) is 6.07 Å². The molecule has 0 heterocycles. The summed E-state index contributed by atoms with van der Waals surface area (Å²) < 4.78 is 14.2. The zero-order chi connectivity index (χ0) is 12.4. The van der Waals surface area contributed by atoms with E-state index in [9.17, 15) is 9.18 Å². The molecule has 2 atom stereocenters. The van der Waals surface area contributed by atoms with Crippen LogP contribution in [0.25, 0.3) is 0 Å². The molecule has 0 bridgehead atoms. The molecule has 4 heteroatoms. The number of carbonyl (C=O) groups excluding carboxylic acids is 1. The lowest BCUT2D eigenvalue weighted by Crippen LogP contribution is -2.36. The Labute approximate surface area is 109 Å². The molecule has 2 rings (SSSR count). The van der Waals surface area contributed by atoms with Gasteiger partial charge in [0.1, 0.15) is 5.82 Å². The third-order valence-electron chi connectivity index (χ3n) is 3.35. The van der Waals surface area contributed by atoms with Crippen LogP contribution in [0.4, 0.5) is 4.39 Å². The summed E-state index contributed by atoms with van der Waals surface area (Å²) in [6.07, 6.45) is 3.25. The number of rotatable bonds is 2. The molecule has 2 nitrogen and oxygen atoms in total. The number of amides is 1. The van der Waals surface area contributed by atoms with Crippen molar-refractivity contribution in [3.63, 3.8) is 0 Å². The summed E-state index contributed by atoms with van der Waals surface area (Å²) in [5, 5.41) is 2.91. The summed E-state index contributed by atoms with van der Waals surface area (Å²) in [5.41, 5.74) is 0.110. The SMILES string of the molecule is CC1CCCC1NC(=O)c1cc(Br)ccc1F. The van der Waals surface area contributed by atoms with Crippen molar-refractivity contribution in [2.24, 2.45) is 5.92 Å². The maximum absolute atomic E-state index is 13.5. The highest BCUT2D eigenvalue weighted by Crippen LogP contribution is 2.25. The van der Waals surface area contributed by atoms with Gasteiger partial charge in [-0.25, -0.2) is 4.39 Å². The lowest BCUT2D eigenvalue weighted by molar-refractivity contribution is 0.0925. The Morgan fingerprint density at radius 3 is 2.88 bits per heavy atom. The zero-order valence-corrected chi connectivity index (χ0v) is 11.3. The van der Waals surface area contributed by atoms with Gasteiger partial charge < -0.3 is 5.32 Å². The van der Waals surface area contributed by atoms with Gasteiger partial charge in [-0.2, -0.15) is 0 Å². The van der Waals surface area contributed by atoms with Crippen LogP contribution in [0.2, 0.25) is 0 Å². The van der Waals surface area contributed by atoms with Gasteiger partial charge >= 0.3 is 0 Å². The van der Waals surface area contributed by atoms with Crippen LogP contribution in [0.1, 0.15) is 36.5 Å². The third-order valence-corrected chi connectivity index (χ3v) is 3.84. The minimum absolute atomic E-state index is 0.110. The number of hydrogen-bond acceptors (Lipinski definition) is 1. The van der Waals surface area contributed by atoms with Crippen molar-refractivity contribution in [1.82, 2.24) is 5.32 Å². The van der Waals surface area contributed by atoms with Gasteiger partial charge in [-0.1, -0.05) is 29.3 Å². The fraction of sp³-hybridized carbons (Fsp3) is 0.462. The Kier molecular flexibility index (Phi) is 3.82. The predicted octanol–water partition coefficient (Wildman–Crippen LogP) is 3.51. The summed E-state index contributed by atoms with van der Waals surface area (Å²) in [4.78, 5) is 11.9. The van der Waals surface area contributed by atoms with Gasteiger partial charge in [-0.15, -0.1) is 0 Å². The van der Waals surface area contributed by atoms with Gasteiger partial charge in [0.25, 0.3) is 5.91 Å². The lowest BCUT2D eigenvalue weighted by Gasteiger charge is -2.17. The molecule has 1 N–H and O–H groups in total. The second kappa shape index (κ2) is 5.17.